The average molecular weight is 431 g/mol. The Balaban J connectivity index is 1.58. The summed E-state index contributed by atoms with van der Waals surface area (Å²) < 4.78 is 0. The van der Waals surface area contributed by atoms with Crippen molar-refractivity contribution in [3.8, 4) is 0 Å². The van der Waals surface area contributed by atoms with Gasteiger partial charge >= 0.3 is 6.03 Å². The van der Waals surface area contributed by atoms with Crippen LogP contribution in [0.25, 0.3) is 0 Å². The van der Waals surface area contributed by atoms with Crippen molar-refractivity contribution in [1.82, 2.24) is 10.6 Å². The quantitative estimate of drug-likeness (QED) is 0.511. The van der Waals surface area contributed by atoms with Crippen molar-refractivity contribution in [1.29, 1.82) is 0 Å². The molecule has 0 spiro atoms. The maximum absolute atomic E-state index is 12.9. The monoisotopic (exact) mass is 430 g/mol. The van der Waals surface area contributed by atoms with Crippen LogP contribution in [0.2, 0.25) is 0 Å². The van der Waals surface area contributed by atoms with Crippen molar-refractivity contribution in [2.24, 2.45) is 0 Å². The molecule has 3 rings (SSSR count). The lowest BCUT2D eigenvalue weighted by Crippen LogP contribution is -2.46. The Morgan fingerprint density at radius 3 is 2.19 bits per heavy atom. The predicted molar refractivity (Wildman–Crippen MR) is 125 cm³/mol. The fourth-order valence-corrected chi connectivity index (χ4v) is 3.08. The molecule has 7 heteroatoms. The van der Waals surface area contributed by atoms with E-state index in [-0.39, 0.29) is 19.0 Å². The van der Waals surface area contributed by atoms with Gasteiger partial charge in [-0.2, -0.15) is 0 Å². The van der Waals surface area contributed by atoms with Gasteiger partial charge in [-0.1, -0.05) is 60.7 Å². The van der Waals surface area contributed by atoms with Crippen LogP contribution in [-0.4, -0.2) is 30.9 Å². The largest absolute Gasteiger partial charge is 0.350 e. The molecule has 0 saturated heterocycles. The summed E-state index contributed by atoms with van der Waals surface area (Å²) in [5.74, 6) is -0.694. The number of hydrogen-bond acceptors (Lipinski definition) is 3. The molecule has 4 amide bonds. The van der Waals surface area contributed by atoms with Crippen LogP contribution in [0.5, 0.6) is 0 Å². The molecule has 3 aromatic carbocycles. The molecule has 7 nitrogen and oxygen atoms in total. The molecular formula is C25H26N4O3. The van der Waals surface area contributed by atoms with Crippen molar-refractivity contribution < 1.29 is 14.4 Å². The summed E-state index contributed by atoms with van der Waals surface area (Å²) in [6.07, 6.45) is 0. The molecule has 0 aliphatic rings. The third-order valence-corrected chi connectivity index (χ3v) is 4.68. The molecule has 0 aromatic heterocycles. The molecule has 0 radical (unpaired) electrons. The molecule has 164 valence electrons. The number of rotatable bonds is 8. The van der Waals surface area contributed by atoms with Crippen molar-refractivity contribution in [2.75, 3.05) is 23.3 Å². The summed E-state index contributed by atoms with van der Waals surface area (Å²) >= 11 is 0. The fourth-order valence-electron chi connectivity index (χ4n) is 3.08. The lowest BCUT2D eigenvalue weighted by Gasteiger charge is -2.22. The Morgan fingerprint density at radius 1 is 0.812 bits per heavy atom. The number of nitrogens with one attached hydrogen (secondary N) is 3. The van der Waals surface area contributed by atoms with Crippen LogP contribution < -0.4 is 20.9 Å². The summed E-state index contributed by atoms with van der Waals surface area (Å²) in [6, 6.07) is 25.3. The summed E-state index contributed by atoms with van der Waals surface area (Å²) in [4.78, 5) is 38.9. The van der Waals surface area contributed by atoms with Crippen LogP contribution in [-0.2, 0) is 16.1 Å². The third kappa shape index (κ3) is 6.98. The van der Waals surface area contributed by atoms with Crippen LogP contribution in [0.4, 0.5) is 16.2 Å². The zero-order valence-electron chi connectivity index (χ0n) is 17.9. The highest BCUT2D eigenvalue weighted by Crippen LogP contribution is 2.13. The van der Waals surface area contributed by atoms with Gasteiger partial charge in [0, 0.05) is 17.9 Å². The molecule has 3 N–H and O–H groups in total. The van der Waals surface area contributed by atoms with Crippen molar-refractivity contribution in [3.05, 3.63) is 96.1 Å². The fraction of sp³-hybridized carbons (Fsp3) is 0.160. The highest BCUT2D eigenvalue weighted by atomic mass is 16.2. The summed E-state index contributed by atoms with van der Waals surface area (Å²) in [6.45, 7) is 1.89. The van der Waals surface area contributed by atoms with Crippen molar-refractivity contribution in [2.45, 2.75) is 13.5 Å². The standard InChI is InChI=1S/C25H26N4O3/c1-19-9-8-12-21(15-19)28-25(32)27-17-24(31)29(22-13-6-3-7-14-22)18-23(30)26-16-20-10-4-2-5-11-20/h2-15H,16-18H2,1H3,(H,26,30)(H2,27,28,32). The predicted octanol–water partition coefficient (Wildman–Crippen LogP) is 3.47. The van der Waals surface area contributed by atoms with E-state index in [4.69, 9.17) is 0 Å². The number of carbonyl (C=O) groups is 3. The Bertz CT molecular complexity index is 1060. The number of amides is 4. The van der Waals surface area contributed by atoms with E-state index in [2.05, 4.69) is 16.0 Å². The second kappa shape index (κ2) is 11.3. The molecule has 32 heavy (non-hydrogen) atoms. The minimum atomic E-state index is -0.495. The molecule has 0 heterocycles. The minimum Gasteiger partial charge on any atom is -0.350 e. The highest BCUT2D eigenvalue weighted by Gasteiger charge is 2.19. The number of aryl methyl sites for hydroxylation is 1. The van der Waals surface area contributed by atoms with E-state index in [1.807, 2.05) is 61.5 Å². The van der Waals surface area contributed by atoms with Gasteiger partial charge in [-0.15, -0.1) is 0 Å². The van der Waals surface area contributed by atoms with E-state index >= 15 is 0 Å². The number of anilines is 2. The van der Waals surface area contributed by atoms with Crippen LogP contribution in [0.1, 0.15) is 11.1 Å². The topological polar surface area (TPSA) is 90.5 Å². The van der Waals surface area contributed by atoms with Gasteiger partial charge in [0.05, 0.1) is 6.54 Å². The zero-order valence-corrected chi connectivity index (χ0v) is 17.9. The molecule has 0 aliphatic heterocycles. The number of benzene rings is 3. The lowest BCUT2D eigenvalue weighted by molar-refractivity contribution is -0.123. The number of hydrogen-bond donors (Lipinski definition) is 3. The molecule has 0 bridgehead atoms. The first-order chi connectivity index (χ1) is 15.5. The lowest BCUT2D eigenvalue weighted by atomic mass is 10.2. The minimum absolute atomic E-state index is 0.156. The number of carbonyl (C=O) groups excluding carboxylic acids is 3. The first kappa shape index (κ1) is 22.6. The van der Waals surface area contributed by atoms with Crippen molar-refractivity contribution in [3.63, 3.8) is 0 Å². The molecule has 0 fully saturated rings. The van der Waals surface area contributed by atoms with E-state index in [1.54, 1.807) is 30.3 Å². The van der Waals surface area contributed by atoms with Crippen LogP contribution in [0.15, 0.2) is 84.9 Å². The van der Waals surface area contributed by atoms with Gasteiger partial charge in [-0.3, -0.25) is 9.59 Å². The van der Waals surface area contributed by atoms with Crippen LogP contribution in [0.3, 0.4) is 0 Å². The Labute approximate surface area is 187 Å². The average Bonchev–Trinajstić information content (AvgIpc) is 2.81. The second-order valence-electron chi connectivity index (χ2n) is 7.25. The van der Waals surface area contributed by atoms with Gasteiger partial charge in [-0.05, 0) is 42.3 Å². The van der Waals surface area contributed by atoms with Gasteiger partial charge < -0.3 is 20.9 Å². The van der Waals surface area contributed by atoms with Gasteiger partial charge in [0.2, 0.25) is 11.8 Å². The zero-order chi connectivity index (χ0) is 22.8. The van der Waals surface area contributed by atoms with E-state index < -0.39 is 11.9 Å². The Morgan fingerprint density at radius 2 is 1.50 bits per heavy atom. The first-order valence-corrected chi connectivity index (χ1v) is 10.3. The maximum atomic E-state index is 12.9. The van der Waals surface area contributed by atoms with Crippen LogP contribution in [0, 0.1) is 6.92 Å². The number of urea groups is 1. The Kier molecular flexibility index (Phi) is 7.97. The maximum Gasteiger partial charge on any atom is 0.319 e. The normalized spacial score (nSPS) is 10.2. The van der Waals surface area contributed by atoms with Gasteiger partial charge in [-0.25, -0.2) is 4.79 Å². The SMILES string of the molecule is Cc1cccc(NC(=O)NCC(=O)N(CC(=O)NCc2ccccc2)c2ccccc2)c1. The summed E-state index contributed by atoms with van der Waals surface area (Å²) in [5, 5.41) is 8.08. The van der Waals surface area contributed by atoms with Crippen LogP contribution >= 0.6 is 0 Å². The van der Waals surface area contributed by atoms with E-state index in [0.29, 0.717) is 17.9 Å². The molecular weight excluding hydrogens is 404 g/mol. The molecule has 3 aromatic rings. The number of para-hydroxylation sites is 1. The molecule has 0 aliphatic carbocycles. The van der Waals surface area contributed by atoms with E-state index in [1.165, 1.54) is 4.90 Å². The van der Waals surface area contributed by atoms with Crippen molar-refractivity contribution >= 4 is 29.2 Å². The Hall–Kier alpha value is -4.13. The highest BCUT2D eigenvalue weighted by molar-refractivity contribution is 6.01. The molecule has 0 unspecified atom stereocenters. The van der Waals surface area contributed by atoms with E-state index in [0.717, 1.165) is 11.1 Å². The first-order valence-electron chi connectivity index (χ1n) is 10.3. The molecule has 0 saturated carbocycles. The van der Waals surface area contributed by atoms with Gasteiger partial charge in [0.25, 0.3) is 0 Å². The number of nitrogens with zero attached hydrogens (tertiary/aromatic N) is 1. The third-order valence-electron chi connectivity index (χ3n) is 4.68. The van der Waals surface area contributed by atoms with E-state index in [9.17, 15) is 14.4 Å². The second-order valence-corrected chi connectivity index (χ2v) is 7.25. The smallest absolute Gasteiger partial charge is 0.319 e. The van der Waals surface area contributed by atoms with Gasteiger partial charge in [0.15, 0.2) is 0 Å². The van der Waals surface area contributed by atoms with Gasteiger partial charge in [0.1, 0.15) is 6.54 Å². The molecule has 0 atom stereocenters. The summed E-state index contributed by atoms with van der Waals surface area (Å²) in [5.41, 5.74) is 3.19. The summed E-state index contributed by atoms with van der Waals surface area (Å²) in [7, 11) is 0.